The number of methoxy groups -OCH3 is 1. The number of para-hydroxylation sites is 1. The number of nitrogens with zero attached hydrogens (tertiary/aromatic N) is 2. The van der Waals surface area contributed by atoms with Gasteiger partial charge in [0.2, 0.25) is 0 Å². The molecule has 0 atom stereocenters. The maximum Gasteiger partial charge on any atom is 0.357 e. The van der Waals surface area contributed by atoms with Crippen LogP contribution in [0.3, 0.4) is 0 Å². The van der Waals surface area contributed by atoms with Crippen LogP contribution >= 0.6 is 11.6 Å². The number of esters is 1. The van der Waals surface area contributed by atoms with E-state index in [1.807, 2.05) is 60.7 Å². The van der Waals surface area contributed by atoms with Gasteiger partial charge in [0.05, 0.1) is 12.8 Å². The molecule has 1 amide bonds. The minimum Gasteiger partial charge on any atom is -0.506 e. The van der Waals surface area contributed by atoms with Gasteiger partial charge in [-0.25, -0.2) is 9.79 Å². The molecule has 0 saturated heterocycles. The highest BCUT2D eigenvalue weighted by molar-refractivity contribution is 6.60. The van der Waals surface area contributed by atoms with Crippen LogP contribution in [-0.4, -0.2) is 40.5 Å². The third-order valence-electron chi connectivity index (χ3n) is 6.11. The summed E-state index contributed by atoms with van der Waals surface area (Å²) < 4.78 is 4.94. The van der Waals surface area contributed by atoms with E-state index in [1.54, 1.807) is 30.3 Å². The maximum absolute atomic E-state index is 14.1. The number of aliphatic hydroxyl groups is 1. The number of hydrogen-bond acceptors (Lipinski definition) is 6. The minimum absolute atomic E-state index is 0.110. The molecular formula is C33H27ClN2O5. The SMILES string of the molecule is COC(=O)C(=Nc1ccccc1)/C(C(=O)C(=O)N(Cc1ccccc1)Cc1ccccc1)=C(\O)c1ccc(Cl)cc1. The average Bonchev–Trinajstić information content (AvgIpc) is 3.01. The second-order valence-electron chi connectivity index (χ2n) is 8.98. The van der Waals surface area contributed by atoms with Crippen molar-refractivity contribution >= 4 is 46.4 Å². The first kappa shape index (κ1) is 29.0. The van der Waals surface area contributed by atoms with Crippen LogP contribution in [0.2, 0.25) is 5.02 Å². The van der Waals surface area contributed by atoms with Gasteiger partial charge in [0.25, 0.3) is 11.7 Å². The molecule has 0 aliphatic rings. The van der Waals surface area contributed by atoms with Crippen molar-refractivity contribution in [2.24, 2.45) is 4.99 Å². The Morgan fingerprint density at radius 1 is 0.756 bits per heavy atom. The number of amides is 1. The Morgan fingerprint density at radius 3 is 1.73 bits per heavy atom. The lowest BCUT2D eigenvalue weighted by Gasteiger charge is -2.23. The second kappa shape index (κ2) is 13.9. The number of aliphatic hydroxyl groups excluding tert-OH is 1. The first-order valence-corrected chi connectivity index (χ1v) is 13.1. The molecule has 0 aliphatic carbocycles. The maximum atomic E-state index is 14.1. The van der Waals surface area contributed by atoms with E-state index in [1.165, 1.54) is 29.2 Å². The van der Waals surface area contributed by atoms with E-state index in [2.05, 4.69) is 4.99 Å². The summed E-state index contributed by atoms with van der Waals surface area (Å²) in [5.41, 5.74) is 0.974. The molecule has 7 nitrogen and oxygen atoms in total. The Kier molecular flexibility index (Phi) is 9.80. The Labute approximate surface area is 243 Å². The van der Waals surface area contributed by atoms with Crippen molar-refractivity contribution in [3.63, 3.8) is 0 Å². The summed E-state index contributed by atoms with van der Waals surface area (Å²) in [6.45, 7) is 0.220. The summed E-state index contributed by atoms with van der Waals surface area (Å²) in [6, 6.07) is 32.8. The lowest BCUT2D eigenvalue weighted by atomic mass is 9.98. The van der Waals surface area contributed by atoms with Gasteiger partial charge in [0.1, 0.15) is 11.3 Å². The summed E-state index contributed by atoms with van der Waals surface area (Å²) >= 11 is 6.02. The van der Waals surface area contributed by atoms with Crippen molar-refractivity contribution in [1.82, 2.24) is 4.90 Å². The van der Waals surface area contributed by atoms with Crippen molar-refractivity contribution in [3.05, 3.63) is 143 Å². The van der Waals surface area contributed by atoms with Crippen molar-refractivity contribution in [3.8, 4) is 0 Å². The predicted octanol–water partition coefficient (Wildman–Crippen LogP) is 6.35. The molecule has 4 rings (SSSR count). The summed E-state index contributed by atoms with van der Waals surface area (Å²) in [6.07, 6.45) is 0. The van der Waals surface area contributed by atoms with Gasteiger partial charge in [-0.1, -0.05) is 90.5 Å². The highest BCUT2D eigenvalue weighted by atomic mass is 35.5. The molecule has 206 valence electrons. The molecule has 8 heteroatoms. The van der Waals surface area contributed by atoms with E-state index in [-0.39, 0.29) is 18.7 Å². The van der Waals surface area contributed by atoms with Crippen LogP contribution in [0.15, 0.2) is 126 Å². The van der Waals surface area contributed by atoms with Crippen LogP contribution in [0, 0.1) is 0 Å². The number of aliphatic imine (C=N–C) groups is 1. The second-order valence-corrected chi connectivity index (χ2v) is 9.42. The molecule has 4 aromatic carbocycles. The van der Waals surface area contributed by atoms with Gasteiger partial charge in [0.15, 0.2) is 5.71 Å². The smallest absolute Gasteiger partial charge is 0.357 e. The van der Waals surface area contributed by atoms with Gasteiger partial charge in [-0.2, -0.15) is 0 Å². The topological polar surface area (TPSA) is 96.3 Å². The molecule has 0 radical (unpaired) electrons. The molecule has 0 aliphatic heterocycles. The zero-order valence-electron chi connectivity index (χ0n) is 22.2. The molecule has 4 aromatic rings. The number of Topliss-reactive ketones (excluding diaryl/α,β-unsaturated/α-hetero) is 1. The van der Waals surface area contributed by atoms with Crippen LogP contribution in [0.4, 0.5) is 5.69 Å². The number of hydrogen-bond donors (Lipinski definition) is 1. The first-order valence-electron chi connectivity index (χ1n) is 12.7. The minimum atomic E-state index is -1.12. The van der Waals surface area contributed by atoms with Crippen molar-refractivity contribution in [1.29, 1.82) is 0 Å². The van der Waals surface area contributed by atoms with E-state index in [4.69, 9.17) is 16.3 Å². The number of benzene rings is 4. The van der Waals surface area contributed by atoms with Gasteiger partial charge in [-0.3, -0.25) is 9.59 Å². The molecule has 1 N–H and O–H groups in total. The molecule has 0 aromatic heterocycles. The average molecular weight is 567 g/mol. The predicted molar refractivity (Wildman–Crippen MR) is 159 cm³/mol. The van der Waals surface area contributed by atoms with Gasteiger partial charge in [-0.05, 0) is 47.5 Å². The molecule has 0 heterocycles. The van der Waals surface area contributed by atoms with Gasteiger partial charge < -0.3 is 14.7 Å². The van der Waals surface area contributed by atoms with Crippen LogP contribution in [0.5, 0.6) is 0 Å². The summed E-state index contributed by atoms with van der Waals surface area (Å²) in [5.74, 6) is -3.66. The Balaban J connectivity index is 1.85. The molecule has 0 unspecified atom stereocenters. The number of carbonyl (C=O) groups is 3. The van der Waals surface area contributed by atoms with E-state index in [0.29, 0.717) is 10.7 Å². The Hall–Kier alpha value is -5.01. The molecule has 0 fully saturated rings. The summed E-state index contributed by atoms with van der Waals surface area (Å²) in [7, 11) is 1.13. The fraction of sp³-hybridized carbons (Fsp3) is 0.0909. The fourth-order valence-electron chi connectivity index (χ4n) is 4.07. The zero-order valence-corrected chi connectivity index (χ0v) is 23.0. The number of carbonyl (C=O) groups excluding carboxylic acids is 3. The standard InChI is InChI=1S/C33H27ClN2O5/c1-41-33(40)29(35-27-15-9-4-10-16-27)28(30(37)25-17-19-26(34)20-18-25)31(38)32(39)36(21-23-11-5-2-6-12-23)22-24-13-7-3-8-14-24/h2-20,37H,21-22H2,1H3/b30-28+,35-29?. The van der Waals surface area contributed by atoms with Gasteiger partial charge >= 0.3 is 5.97 Å². The quantitative estimate of drug-likeness (QED) is 0.0793. The van der Waals surface area contributed by atoms with Crippen LogP contribution in [-0.2, 0) is 32.2 Å². The Morgan fingerprint density at radius 2 is 1.24 bits per heavy atom. The van der Waals surface area contributed by atoms with Gasteiger partial charge in [0, 0.05) is 23.7 Å². The van der Waals surface area contributed by atoms with Crippen LogP contribution < -0.4 is 0 Å². The van der Waals surface area contributed by atoms with Crippen molar-refractivity contribution in [2.45, 2.75) is 13.1 Å². The molecule has 0 spiro atoms. The number of ketones is 1. The lowest BCUT2D eigenvalue weighted by molar-refractivity contribution is -0.143. The van der Waals surface area contributed by atoms with Gasteiger partial charge in [-0.15, -0.1) is 0 Å². The van der Waals surface area contributed by atoms with E-state index < -0.39 is 34.7 Å². The normalized spacial score (nSPS) is 11.8. The molecule has 41 heavy (non-hydrogen) atoms. The van der Waals surface area contributed by atoms with E-state index in [0.717, 1.165) is 18.2 Å². The van der Waals surface area contributed by atoms with Crippen molar-refractivity contribution in [2.75, 3.05) is 7.11 Å². The van der Waals surface area contributed by atoms with Crippen LogP contribution in [0.25, 0.3) is 5.76 Å². The monoisotopic (exact) mass is 566 g/mol. The number of halogens is 1. The first-order chi connectivity index (χ1) is 19.9. The molecule has 0 bridgehead atoms. The lowest BCUT2D eigenvalue weighted by Crippen LogP contribution is -2.39. The van der Waals surface area contributed by atoms with E-state index >= 15 is 0 Å². The van der Waals surface area contributed by atoms with Crippen molar-refractivity contribution < 1.29 is 24.2 Å². The zero-order chi connectivity index (χ0) is 29.2. The third kappa shape index (κ3) is 7.56. The highest BCUT2D eigenvalue weighted by Crippen LogP contribution is 2.24. The summed E-state index contributed by atoms with van der Waals surface area (Å²) in [4.78, 5) is 46.8. The summed E-state index contributed by atoms with van der Waals surface area (Å²) in [5, 5.41) is 11.8. The number of ether oxygens (including phenoxy) is 1. The molecule has 0 saturated carbocycles. The van der Waals surface area contributed by atoms with Crippen LogP contribution in [0.1, 0.15) is 16.7 Å². The largest absolute Gasteiger partial charge is 0.506 e. The Bertz CT molecular complexity index is 1530. The van der Waals surface area contributed by atoms with E-state index in [9.17, 15) is 19.5 Å². The third-order valence-corrected chi connectivity index (χ3v) is 6.36. The molecular weight excluding hydrogens is 540 g/mol. The highest BCUT2D eigenvalue weighted by Gasteiger charge is 2.35. The number of rotatable bonds is 10. The fourth-order valence-corrected chi connectivity index (χ4v) is 4.19.